The van der Waals surface area contributed by atoms with Crippen LogP contribution in [0.3, 0.4) is 0 Å². The molecule has 0 spiro atoms. The van der Waals surface area contributed by atoms with Crippen LogP contribution in [0, 0.1) is 17.0 Å². The van der Waals surface area contributed by atoms with Gasteiger partial charge >= 0.3 is 0 Å². The number of non-ortho nitro benzene ring substituents is 1. The fourth-order valence-electron chi connectivity index (χ4n) is 2.45. The standard InChI is InChI=1S/C18H15N5O4/c1-12-16(18(25)22(21-12)14-7-3-2-4-8-14)11-19-20-17(24)13-6-5-9-15(10-13)23(26)27/h2-11,21H,1H3,(H,20,24). The third kappa shape index (κ3) is 3.82. The SMILES string of the molecule is Cc1[nH]n(-c2ccccc2)c(=O)c1C=NNC(=O)c1cccc([N+](=O)[O-])c1. The number of hydrogen-bond acceptors (Lipinski definition) is 5. The monoisotopic (exact) mass is 365 g/mol. The number of nitrogens with one attached hydrogen (secondary N) is 2. The Morgan fingerprint density at radius 3 is 2.67 bits per heavy atom. The average Bonchev–Trinajstić information content (AvgIpc) is 2.97. The lowest BCUT2D eigenvalue weighted by atomic mass is 10.2. The van der Waals surface area contributed by atoms with E-state index in [2.05, 4.69) is 15.6 Å². The summed E-state index contributed by atoms with van der Waals surface area (Å²) in [4.78, 5) is 34.8. The predicted octanol–water partition coefficient (Wildman–Crippen LogP) is 2.15. The topological polar surface area (TPSA) is 122 Å². The minimum atomic E-state index is -0.619. The van der Waals surface area contributed by atoms with E-state index in [1.54, 1.807) is 19.1 Å². The van der Waals surface area contributed by atoms with Crippen LogP contribution in [0.5, 0.6) is 0 Å². The third-order valence-electron chi connectivity index (χ3n) is 3.81. The number of aromatic nitrogens is 2. The molecule has 0 fully saturated rings. The van der Waals surface area contributed by atoms with Gasteiger partial charge in [-0.1, -0.05) is 24.3 Å². The van der Waals surface area contributed by atoms with Crippen LogP contribution in [0.15, 0.2) is 64.5 Å². The summed E-state index contributed by atoms with van der Waals surface area (Å²) in [6.45, 7) is 1.71. The van der Waals surface area contributed by atoms with Gasteiger partial charge in [-0.15, -0.1) is 0 Å². The molecule has 0 unspecified atom stereocenters. The normalized spacial score (nSPS) is 10.9. The Morgan fingerprint density at radius 1 is 1.22 bits per heavy atom. The molecule has 0 saturated heterocycles. The maximum Gasteiger partial charge on any atom is 0.280 e. The van der Waals surface area contributed by atoms with Crippen molar-refractivity contribution in [2.75, 3.05) is 0 Å². The maximum atomic E-state index is 12.5. The number of rotatable bonds is 5. The molecule has 1 aromatic heterocycles. The smallest absolute Gasteiger partial charge is 0.280 e. The molecule has 0 aliphatic heterocycles. The Hall–Kier alpha value is -4.01. The molecule has 0 aliphatic rings. The number of hydrazone groups is 1. The molecular weight excluding hydrogens is 350 g/mol. The van der Waals surface area contributed by atoms with Gasteiger partial charge in [-0.2, -0.15) is 5.10 Å². The molecule has 1 amide bonds. The highest BCUT2D eigenvalue weighted by Crippen LogP contribution is 2.12. The second-order valence-electron chi connectivity index (χ2n) is 5.63. The van der Waals surface area contributed by atoms with Gasteiger partial charge in [0.05, 0.1) is 22.4 Å². The Morgan fingerprint density at radius 2 is 1.96 bits per heavy atom. The van der Waals surface area contributed by atoms with E-state index in [-0.39, 0.29) is 22.4 Å². The molecule has 0 aliphatic carbocycles. The Balaban J connectivity index is 1.78. The summed E-state index contributed by atoms with van der Waals surface area (Å²) in [7, 11) is 0. The lowest BCUT2D eigenvalue weighted by Gasteiger charge is -1.99. The highest BCUT2D eigenvalue weighted by atomic mass is 16.6. The van der Waals surface area contributed by atoms with E-state index < -0.39 is 10.8 Å². The van der Waals surface area contributed by atoms with Gasteiger partial charge in [-0.25, -0.2) is 10.1 Å². The summed E-state index contributed by atoms with van der Waals surface area (Å²) in [5.41, 5.74) is 3.39. The van der Waals surface area contributed by atoms with Crippen LogP contribution in [-0.4, -0.2) is 26.8 Å². The minimum absolute atomic E-state index is 0.0915. The Labute approximate surface area is 153 Å². The number of nitrogens with zero attached hydrogens (tertiary/aromatic N) is 3. The lowest BCUT2D eigenvalue weighted by Crippen LogP contribution is -2.20. The summed E-state index contributed by atoms with van der Waals surface area (Å²) in [5.74, 6) is -0.619. The molecule has 0 bridgehead atoms. The van der Waals surface area contributed by atoms with Crippen LogP contribution >= 0.6 is 0 Å². The summed E-state index contributed by atoms with van der Waals surface area (Å²) in [5, 5.41) is 17.5. The molecule has 0 radical (unpaired) electrons. The van der Waals surface area contributed by atoms with Crippen LogP contribution in [0.1, 0.15) is 21.6 Å². The number of H-pyrrole nitrogens is 1. The van der Waals surface area contributed by atoms with Crippen molar-refractivity contribution >= 4 is 17.8 Å². The molecule has 0 atom stereocenters. The first-order valence-corrected chi connectivity index (χ1v) is 7.92. The van der Waals surface area contributed by atoms with Crippen molar-refractivity contribution < 1.29 is 9.72 Å². The molecule has 0 saturated carbocycles. The zero-order chi connectivity index (χ0) is 19.4. The fraction of sp³-hybridized carbons (Fsp3) is 0.0556. The van der Waals surface area contributed by atoms with Gasteiger partial charge in [-0.3, -0.25) is 24.8 Å². The van der Waals surface area contributed by atoms with Gasteiger partial charge < -0.3 is 0 Å². The molecule has 9 nitrogen and oxygen atoms in total. The van der Waals surface area contributed by atoms with Gasteiger partial charge in [0.1, 0.15) is 0 Å². The van der Waals surface area contributed by atoms with Crippen molar-refractivity contribution in [3.63, 3.8) is 0 Å². The number of aromatic amines is 1. The van der Waals surface area contributed by atoms with Crippen molar-refractivity contribution in [2.24, 2.45) is 5.10 Å². The molecule has 1 heterocycles. The summed E-state index contributed by atoms with van der Waals surface area (Å²) in [6, 6.07) is 14.3. The van der Waals surface area contributed by atoms with E-state index in [4.69, 9.17) is 0 Å². The molecule has 2 N–H and O–H groups in total. The zero-order valence-electron chi connectivity index (χ0n) is 14.2. The molecule has 136 valence electrons. The van der Waals surface area contributed by atoms with Gasteiger partial charge in [0.25, 0.3) is 17.2 Å². The van der Waals surface area contributed by atoms with Crippen molar-refractivity contribution in [1.29, 1.82) is 0 Å². The largest absolute Gasteiger partial charge is 0.295 e. The van der Waals surface area contributed by atoms with Gasteiger partial charge in [0.2, 0.25) is 0 Å². The number of carbonyl (C=O) groups excluding carboxylic acids is 1. The van der Waals surface area contributed by atoms with Crippen LogP contribution < -0.4 is 11.0 Å². The first-order chi connectivity index (χ1) is 13.0. The van der Waals surface area contributed by atoms with Crippen molar-refractivity contribution in [3.05, 3.63) is 91.9 Å². The first-order valence-electron chi connectivity index (χ1n) is 7.92. The number of amides is 1. The van der Waals surface area contributed by atoms with E-state index in [1.807, 2.05) is 18.2 Å². The Bertz CT molecular complexity index is 1080. The van der Waals surface area contributed by atoms with Gasteiger partial charge in [-0.05, 0) is 25.1 Å². The van der Waals surface area contributed by atoms with Crippen molar-refractivity contribution in [2.45, 2.75) is 6.92 Å². The second-order valence-corrected chi connectivity index (χ2v) is 5.63. The highest BCUT2D eigenvalue weighted by molar-refractivity contribution is 5.95. The number of nitro benzene ring substituents is 1. The second kappa shape index (κ2) is 7.48. The predicted molar refractivity (Wildman–Crippen MR) is 99.3 cm³/mol. The number of hydrogen-bond donors (Lipinski definition) is 2. The number of nitro groups is 1. The van der Waals surface area contributed by atoms with Gasteiger partial charge in [0.15, 0.2) is 0 Å². The highest BCUT2D eigenvalue weighted by Gasteiger charge is 2.12. The summed E-state index contributed by atoms with van der Waals surface area (Å²) in [6.07, 6.45) is 1.24. The molecule has 2 aromatic carbocycles. The molecular formula is C18H15N5O4. The van der Waals surface area contributed by atoms with Crippen molar-refractivity contribution in [1.82, 2.24) is 15.2 Å². The Kier molecular flexibility index (Phi) is 4.93. The van der Waals surface area contributed by atoms with Crippen molar-refractivity contribution in [3.8, 4) is 5.69 Å². The van der Waals surface area contributed by atoms with Crippen LogP contribution in [0.4, 0.5) is 5.69 Å². The number of carbonyl (C=O) groups is 1. The fourth-order valence-corrected chi connectivity index (χ4v) is 2.45. The summed E-state index contributed by atoms with van der Waals surface area (Å²) < 4.78 is 1.37. The molecule has 3 aromatic rings. The van der Waals surface area contributed by atoms with Crippen LogP contribution in [0.25, 0.3) is 5.69 Å². The summed E-state index contributed by atoms with van der Waals surface area (Å²) >= 11 is 0. The number of para-hydroxylation sites is 1. The zero-order valence-corrected chi connectivity index (χ0v) is 14.2. The molecule has 27 heavy (non-hydrogen) atoms. The lowest BCUT2D eigenvalue weighted by molar-refractivity contribution is -0.384. The van der Waals surface area contributed by atoms with Crippen LogP contribution in [0.2, 0.25) is 0 Å². The first kappa shape index (κ1) is 17.8. The van der Waals surface area contributed by atoms with E-state index in [9.17, 15) is 19.7 Å². The van der Waals surface area contributed by atoms with Crippen LogP contribution in [-0.2, 0) is 0 Å². The number of aryl methyl sites for hydroxylation is 1. The number of benzene rings is 2. The molecule has 3 rings (SSSR count). The quantitative estimate of drug-likeness (QED) is 0.408. The third-order valence-corrected chi connectivity index (χ3v) is 3.81. The van der Waals surface area contributed by atoms with E-state index >= 15 is 0 Å². The molecule has 9 heteroatoms. The van der Waals surface area contributed by atoms with E-state index in [0.29, 0.717) is 11.4 Å². The minimum Gasteiger partial charge on any atom is -0.295 e. The maximum absolute atomic E-state index is 12.5. The van der Waals surface area contributed by atoms with E-state index in [1.165, 1.54) is 29.1 Å². The van der Waals surface area contributed by atoms with E-state index in [0.717, 1.165) is 6.07 Å². The average molecular weight is 365 g/mol. The van der Waals surface area contributed by atoms with Gasteiger partial charge in [0, 0.05) is 23.4 Å².